The van der Waals surface area contributed by atoms with Crippen LogP contribution in [0.2, 0.25) is 0 Å². The van der Waals surface area contributed by atoms with Crippen LogP contribution in [-0.2, 0) is 16.1 Å². The van der Waals surface area contributed by atoms with E-state index in [2.05, 4.69) is 10.6 Å². The van der Waals surface area contributed by atoms with E-state index < -0.39 is 18.0 Å². The van der Waals surface area contributed by atoms with E-state index in [9.17, 15) is 9.59 Å². The van der Waals surface area contributed by atoms with Crippen LogP contribution in [0.5, 0.6) is 0 Å². The zero-order valence-electron chi connectivity index (χ0n) is 9.30. The van der Waals surface area contributed by atoms with Gasteiger partial charge in [0.25, 0.3) is 0 Å². The molecule has 7 heteroatoms. The third-order valence-corrected chi connectivity index (χ3v) is 2.82. The van der Waals surface area contributed by atoms with Gasteiger partial charge < -0.3 is 20.5 Å². The van der Waals surface area contributed by atoms with Crippen LogP contribution >= 0.6 is 11.3 Å². The number of carboxylic acid groups (broad SMARTS) is 1. The molecule has 1 heterocycles. The summed E-state index contributed by atoms with van der Waals surface area (Å²) in [6.45, 7) is 0.310. The number of methoxy groups -OCH3 is 1. The quantitative estimate of drug-likeness (QED) is 0.699. The minimum Gasteiger partial charge on any atom is -0.480 e. The molecule has 0 saturated carbocycles. The lowest BCUT2D eigenvalue weighted by Crippen LogP contribution is -2.47. The molecule has 0 radical (unpaired) electrons. The maximum atomic E-state index is 11.4. The van der Waals surface area contributed by atoms with Crippen molar-refractivity contribution in [3.8, 4) is 0 Å². The third-order valence-electron chi connectivity index (χ3n) is 1.94. The number of hydrogen-bond acceptors (Lipinski definition) is 4. The number of aliphatic carboxylic acids is 1. The minimum atomic E-state index is -1.13. The van der Waals surface area contributed by atoms with Crippen molar-refractivity contribution in [2.75, 3.05) is 13.7 Å². The van der Waals surface area contributed by atoms with E-state index in [1.54, 1.807) is 0 Å². The Morgan fingerprint density at radius 2 is 2.35 bits per heavy atom. The molecule has 0 bridgehead atoms. The predicted molar refractivity (Wildman–Crippen MR) is 63.0 cm³/mol. The average Bonchev–Trinajstić information content (AvgIpc) is 2.78. The lowest BCUT2D eigenvalue weighted by atomic mass is 10.3. The van der Waals surface area contributed by atoms with Crippen LogP contribution in [0.25, 0.3) is 0 Å². The number of carbonyl (C=O) groups is 2. The Balaban J connectivity index is 2.34. The van der Waals surface area contributed by atoms with E-state index in [1.807, 2.05) is 17.5 Å². The van der Waals surface area contributed by atoms with Gasteiger partial charge in [-0.1, -0.05) is 6.07 Å². The molecule has 2 amide bonds. The summed E-state index contributed by atoms with van der Waals surface area (Å²) in [5, 5.41) is 15.6. The first kappa shape index (κ1) is 13.5. The van der Waals surface area contributed by atoms with Crippen molar-refractivity contribution in [1.29, 1.82) is 0 Å². The number of thiophene rings is 1. The minimum absolute atomic E-state index is 0.0677. The molecular weight excluding hydrogens is 244 g/mol. The van der Waals surface area contributed by atoms with Crippen molar-refractivity contribution in [2.45, 2.75) is 12.6 Å². The van der Waals surface area contributed by atoms with Crippen LogP contribution in [0.1, 0.15) is 4.88 Å². The van der Waals surface area contributed by atoms with Gasteiger partial charge in [0.1, 0.15) is 0 Å². The molecule has 0 aliphatic heterocycles. The molecule has 0 aromatic carbocycles. The number of urea groups is 1. The Morgan fingerprint density at radius 3 is 2.88 bits per heavy atom. The molecule has 1 aromatic rings. The molecular formula is C10H14N2O4S. The molecule has 0 saturated heterocycles. The fraction of sp³-hybridized carbons (Fsp3) is 0.400. The fourth-order valence-corrected chi connectivity index (χ4v) is 1.78. The van der Waals surface area contributed by atoms with E-state index in [1.165, 1.54) is 18.4 Å². The van der Waals surface area contributed by atoms with Crippen LogP contribution in [0.4, 0.5) is 4.79 Å². The van der Waals surface area contributed by atoms with Gasteiger partial charge in [-0.05, 0) is 11.4 Å². The number of rotatable bonds is 6. The van der Waals surface area contributed by atoms with Crippen LogP contribution < -0.4 is 10.6 Å². The van der Waals surface area contributed by atoms with Gasteiger partial charge in [-0.3, -0.25) is 0 Å². The highest BCUT2D eigenvalue weighted by molar-refractivity contribution is 7.09. The van der Waals surface area contributed by atoms with Gasteiger partial charge in [0.2, 0.25) is 0 Å². The van der Waals surface area contributed by atoms with Gasteiger partial charge in [0.15, 0.2) is 6.04 Å². The van der Waals surface area contributed by atoms with Crippen molar-refractivity contribution < 1.29 is 19.4 Å². The highest BCUT2D eigenvalue weighted by Crippen LogP contribution is 2.07. The van der Waals surface area contributed by atoms with Crippen LogP contribution in [0.15, 0.2) is 17.5 Å². The molecule has 17 heavy (non-hydrogen) atoms. The van der Waals surface area contributed by atoms with Gasteiger partial charge in [0.05, 0.1) is 13.2 Å². The van der Waals surface area contributed by atoms with E-state index >= 15 is 0 Å². The molecule has 1 atom stereocenters. The summed E-state index contributed by atoms with van der Waals surface area (Å²) in [6.07, 6.45) is 0. The standard InChI is InChI=1S/C10H14N2O4S/c1-16-6-8(9(13)14)12-10(15)11-5-7-3-2-4-17-7/h2-4,8H,5-6H2,1H3,(H,13,14)(H2,11,12,15). The normalized spacial score (nSPS) is 11.8. The van der Waals surface area contributed by atoms with E-state index in [-0.39, 0.29) is 6.61 Å². The first-order chi connectivity index (χ1) is 8.13. The first-order valence-corrected chi connectivity index (χ1v) is 5.80. The Kier molecular flexibility index (Phi) is 5.44. The van der Waals surface area contributed by atoms with Crippen molar-refractivity contribution in [3.05, 3.63) is 22.4 Å². The molecule has 1 rings (SSSR count). The summed E-state index contributed by atoms with van der Waals surface area (Å²) in [5.74, 6) is -1.13. The first-order valence-electron chi connectivity index (χ1n) is 4.92. The van der Waals surface area contributed by atoms with Crippen molar-refractivity contribution in [1.82, 2.24) is 10.6 Å². The van der Waals surface area contributed by atoms with E-state index in [0.717, 1.165) is 4.88 Å². The lowest BCUT2D eigenvalue weighted by molar-refractivity contribution is -0.140. The zero-order chi connectivity index (χ0) is 12.7. The topological polar surface area (TPSA) is 87.7 Å². The smallest absolute Gasteiger partial charge is 0.328 e. The zero-order valence-corrected chi connectivity index (χ0v) is 10.1. The van der Waals surface area contributed by atoms with Gasteiger partial charge in [-0.15, -0.1) is 11.3 Å². The number of hydrogen-bond donors (Lipinski definition) is 3. The monoisotopic (exact) mass is 258 g/mol. The second-order valence-corrected chi connectivity index (χ2v) is 4.28. The summed E-state index contributed by atoms with van der Waals surface area (Å²) in [7, 11) is 1.38. The second-order valence-electron chi connectivity index (χ2n) is 3.25. The molecule has 3 N–H and O–H groups in total. The Hall–Kier alpha value is -1.60. The van der Waals surface area contributed by atoms with Gasteiger partial charge in [0, 0.05) is 12.0 Å². The number of ether oxygens (including phenoxy) is 1. The number of nitrogens with one attached hydrogen (secondary N) is 2. The lowest BCUT2D eigenvalue weighted by Gasteiger charge is -2.13. The number of amides is 2. The number of carboxylic acids is 1. The van der Waals surface area contributed by atoms with Crippen LogP contribution in [-0.4, -0.2) is 36.9 Å². The molecule has 1 aromatic heterocycles. The Morgan fingerprint density at radius 1 is 1.59 bits per heavy atom. The summed E-state index contributed by atoms with van der Waals surface area (Å²) in [6, 6.07) is 2.20. The molecule has 0 spiro atoms. The predicted octanol–water partition coefficient (Wildman–Crippen LogP) is 0.647. The summed E-state index contributed by atoms with van der Waals surface area (Å²) < 4.78 is 4.70. The van der Waals surface area contributed by atoms with Gasteiger partial charge in [-0.2, -0.15) is 0 Å². The highest BCUT2D eigenvalue weighted by Gasteiger charge is 2.19. The van der Waals surface area contributed by atoms with Crippen molar-refractivity contribution in [2.24, 2.45) is 0 Å². The molecule has 1 unspecified atom stereocenters. The SMILES string of the molecule is COCC(NC(=O)NCc1cccs1)C(=O)O. The Bertz CT molecular complexity index is 366. The van der Waals surface area contributed by atoms with Gasteiger partial charge >= 0.3 is 12.0 Å². The summed E-state index contributed by atoms with van der Waals surface area (Å²) in [5.41, 5.74) is 0. The number of carbonyl (C=O) groups excluding carboxylic acids is 1. The van der Waals surface area contributed by atoms with Crippen LogP contribution in [0, 0.1) is 0 Å². The molecule has 0 aliphatic carbocycles. The molecule has 0 fully saturated rings. The van der Waals surface area contributed by atoms with E-state index in [0.29, 0.717) is 6.54 Å². The van der Waals surface area contributed by atoms with Gasteiger partial charge in [-0.25, -0.2) is 9.59 Å². The summed E-state index contributed by atoms with van der Waals surface area (Å²) >= 11 is 1.52. The fourth-order valence-electron chi connectivity index (χ4n) is 1.13. The maximum absolute atomic E-state index is 11.4. The van der Waals surface area contributed by atoms with Crippen LogP contribution in [0.3, 0.4) is 0 Å². The second kappa shape index (κ2) is 6.87. The molecule has 6 nitrogen and oxygen atoms in total. The largest absolute Gasteiger partial charge is 0.480 e. The Labute approximate surface area is 103 Å². The molecule has 0 aliphatic rings. The molecule has 94 valence electrons. The maximum Gasteiger partial charge on any atom is 0.328 e. The summed E-state index contributed by atoms with van der Waals surface area (Å²) in [4.78, 5) is 23.1. The highest BCUT2D eigenvalue weighted by atomic mass is 32.1. The van der Waals surface area contributed by atoms with E-state index in [4.69, 9.17) is 9.84 Å². The average molecular weight is 258 g/mol. The van der Waals surface area contributed by atoms with Crippen molar-refractivity contribution in [3.63, 3.8) is 0 Å². The third kappa shape index (κ3) is 4.83. The van der Waals surface area contributed by atoms with Crippen molar-refractivity contribution >= 4 is 23.3 Å².